The molecule has 14 heteroatoms. The highest BCUT2D eigenvalue weighted by molar-refractivity contribution is 5.68. The third kappa shape index (κ3) is 4.51. The van der Waals surface area contributed by atoms with Crippen LogP contribution in [-0.2, 0) is 22.7 Å². The molecule has 0 unspecified atom stereocenters. The van der Waals surface area contributed by atoms with Crippen molar-refractivity contribution in [2.75, 3.05) is 25.1 Å². The number of nitriles is 2. The quantitative estimate of drug-likeness (QED) is 0.424. The molecule has 32 heavy (non-hydrogen) atoms. The second-order valence-electron chi connectivity index (χ2n) is 6.37. The molecular weight excluding hydrogens is 424 g/mol. The lowest BCUT2D eigenvalue weighted by molar-refractivity contribution is -0.386. The van der Waals surface area contributed by atoms with Crippen molar-refractivity contribution in [1.29, 1.82) is 10.5 Å². The van der Waals surface area contributed by atoms with Crippen LogP contribution in [0, 0.1) is 56.7 Å². The van der Waals surface area contributed by atoms with E-state index in [9.17, 15) is 30.8 Å². The van der Waals surface area contributed by atoms with Crippen molar-refractivity contribution in [3.63, 3.8) is 0 Å². The summed E-state index contributed by atoms with van der Waals surface area (Å²) >= 11 is 0. The van der Waals surface area contributed by atoms with E-state index in [0.717, 1.165) is 0 Å². The first-order valence-electron chi connectivity index (χ1n) is 8.87. The van der Waals surface area contributed by atoms with Crippen LogP contribution in [0.2, 0.25) is 0 Å². The number of hydrogen-bond donors (Lipinski definition) is 2. The third-order valence-corrected chi connectivity index (χ3v) is 4.42. The van der Waals surface area contributed by atoms with Crippen molar-refractivity contribution in [2.45, 2.75) is 27.1 Å². The Kier molecular flexibility index (Phi) is 7.52. The monoisotopic (exact) mass is 442 g/mol. The number of aromatic nitrogens is 2. The zero-order chi connectivity index (χ0) is 24.0. The van der Waals surface area contributed by atoms with Gasteiger partial charge in [-0.25, -0.2) is 9.97 Å². The number of anilines is 2. The Morgan fingerprint density at radius 1 is 0.844 bits per heavy atom. The second-order valence-corrected chi connectivity index (χ2v) is 6.37. The van der Waals surface area contributed by atoms with E-state index in [4.69, 9.17) is 9.47 Å². The van der Waals surface area contributed by atoms with Gasteiger partial charge in [0.1, 0.15) is 34.7 Å². The van der Waals surface area contributed by atoms with E-state index in [0.29, 0.717) is 0 Å². The maximum absolute atomic E-state index is 11.4. The average molecular weight is 442 g/mol. The highest BCUT2D eigenvalue weighted by atomic mass is 16.6. The van der Waals surface area contributed by atoms with Crippen molar-refractivity contribution in [1.82, 2.24) is 9.97 Å². The Hall–Kier alpha value is -4.40. The van der Waals surface area contributed by atoms with Gasteiger partial charge in [-0.1, -0.05) is 0 Å². The maximum atomic E-state index is 11.4. The summed E-state index contributed by atoms with van der Waals surface area (Å²) in [5, 5.41) is 41.9. The number of nitrogens with zero attached hydrogens (tertiary/aromatic N) is 6. The van der Waals surface area contributed by atoms with Gasteiger partial charge in [0.05, 0.1) is 34.2 Å². The first-order valence-corrected chi connectivity index (χ1v) is 8.87. The predicted octanol–water partition coefficient (Wildman–Crippen LogP) is 2.39. The Balaban J connectivity index is 2.59. The van der Waals surface area contributed by atoms with Crippen LogP contribution < -0.4 is 10.9 Å². The van der Waals surface area contributed by atoms with Crippen LogP contribution in [-0.4, -0.2) is 34.0 Å². The summed E-state index contributed by atoms with van der Waals surface area (Å²) < 4.78 is 9.93. The van der Waals surface area contributed by atoms with Gasteiger partial charge in [0, 0.05) is 14.2 Å². The summed E-state index contributed by atoms with van der Waals surface area (Å²) in [6.45, 7) is 2.42. The smallest absolute Gasteiger partial charge is 0.297 e. The first kappa shape index (κ1) is 23.9. The van der Waals surface area contributed by atoms with Gasteiger partial charge in [-0.05, 0) is 13.8 Å². The Morgan fingerprint density at radius 2 is 1.19 bits per heavy atom. The van der Waals surface area contributed by atoms with E-state index in [2.05, 4.69) is 20.8 Å². The summed E-state index contributed by atoms with van der Waals surface area (Å²) in [6.07, 6.45) is 0. The van der Waals surface area contributed by atoms with Crippen LogP contribution in [0.3, 0.4) is 0 Å². The first-order chi connectivity index (χ1) is 15.2. The normalized spacial score (nSPS) is 10.2. The number of ether oxygens (including phenoxy) is 2. The fourth-order valence-electron chi connectivity index (χ4n) is 3.04. The molecule has 0 amide bonds. The van der Waals surface area contributed by atoms with E-state index in [1.807, 2.05) is 12.1 Å². The highest BCUT2D eigenvalue weighted by Crippen LogP contribution is 2.32. The molecule has 0 aliphatic rings. The van der Waals surface area contributed by atoms with Crippen molar-refractivity contribution in [3.05, 3.63) is 53.9 Å². The van der Waals surface area contributed by atoms with Gasteiger partial charge in [-0.15, -0.1) is 0 Å². The Morgan fingerprint density at radius 3 is 1.44 bits per heavy atom. The summed E-state index contributed by atoms with van der Waals surface area (Å²) in [4.78, 5) is 29.8. The topological polar surface area (TPSA) is 202 Å². The van der Waals surface area contributed by atoms with E-state index >= 15 is 0 Å². The number of hydrazine groups is 1. The van der Waals surface area contributed by atoms with Crippen LogP contribution in [0.4, 0.5) is 23.0 Å². The molecular formula is C18H18N8O6. The van der Waals surface area contributed by atoms with Crippen LogP contribution in [0.1, 0.15) is 33.6 Å². The molecule has 0 saturated heterocycles. The van der Waals surface area contributed by atoms with Gasteiger partial charge in [0.15, 0.2) is 11.6 Å². The minimum absolute atomic E-state index is 0.0216. The van der Waals surface area contributed by atoms with Crippen LogP contribution in [0.25, 0.3) is 0 Å². The van der Waals surface area contributed by atoms with E-state index in [-0.39, 0.29) is 69.9 Å². The highest BCUT2D eigenvalue weighted by Gasteiger charge is 2.27. The molecule has 166 valence electrons. The number of nitrogens with one attached hydrogen (secondary N) is 2. The molecule has 2 heterocycles. The molecule has 0 atom stereocenters. The van der Waals surface area contributed by atoms with Crippen molar-refractivity contribution in [2.24, 2.45) is 0 Å². The molecule has 14 nitrogen and oxygen atoms in total. The molecule has 0 fully saturated rings. The molecule has 2 N–H and O–H groups in total. The van der Waals surface area contributed by atoms with Crippen molar-refractivity contribution in [3.8, 4) is 12.1 Å². The molecule has 0 aliphatic heterocycles. The molecule has 0 spiro atoms. The SMILES string of the molecule is COCc1nc(NNc2nc(COC)c([N+](=O)[O-])c(C)c2C#N)c(C#N)c(C)c1[N+](=O)[O-]. The summed E-state index contributed by atoms with van der Waals surface area (Å²) in [5.74, 6) is -0.143. The summed E-state index contributed by atoms with van der Waals surface area (Å²) in [7, 11) is 2.68. The van der Waals surface area contributed by atoms with E-state index < -0.39 is 9.85 Å². The summed E-state index contributed by atoms with van der Waals surface area (Å²) in [5.41, 5.74) is 4.41. The van der Waals surface area contributed by atoms with Crippen LogP contribution >= 0.6 is 0 Å². The van der Waals surface area contributed by atoms with Gasteiger partial charge in [-0.3, -0.25) is 31.1 Å². The third-order valence-electron chi connectivity index (χ3n) is 4.42. The lowest BCUT2D eigenvalue weighted by Gasteiger charge is -2.15. The van der Waals surface area contributed by atoms with Crippen molar-refractivity contribution < 1.29 is 19.3 Å². The average Bonchev–Trinajstić information content (AvgIpc) is 2.72. The number of pyridine rings is 2. The zero-order valence-electron chi connectivity index (χ0n) is 17.5. The van der Waals surface area contributed by atoms with Gasteiger partial charge < -0.3 is 9.47 Å². The minimum Gasteiger partial charge on any atom is -0.378 e. The zero-order valence-corrected chi connectivity index (χ0v) is 17.5. The molecule has 0 aromatic carbocycles. The molecule has 0 bridgehead atoms. The van der Waals surface area contributed by atoms with E-state index in [1.54, 1.807) is 0 Å². The molecule has 0 aliphatic carbocycles. The van der Waals surface area contributed by atoms with Crippen LogP contribution in [0.5, 0.6) is 0 Å². The second kappa shape index (κ2) is 10.1. The van der Waals surface area contributed by atoms with Crippen molar-refractivity contribution >= 4 is 23.0 Å². The molecule has 0 saturated carbocycles. The van der Waals surface area contributed by atoms with Gasteiger partial charge in [0.25, 0.3) is 11.4 Å². The summed E-state index contributed by atoms with van der Waals surface area (Å²) in [6, 6.07) is 3.71. The van der Waals surface area contributed by atoms with Gasteiger partial charge >= 0.3 is 0 Å². The Bertz CT molecular complexity index is 1080. The minimum atomic E-state index is -0.652. The maximum Gasteiger partial charge on any atom is 0.297 e. The fourth-order valence-corrected chi connectivity index (χ4v) is 3.04. The Labute approximate surface area is 181 Å². The molecule has 2 aromatic heterocycles. The standard InChI is InChI=1S/C18H18N8O6/c1-9-11(5-19)17(21-13(7-31-3)15(9)25(27)28)23-24-18-12(6-20)10(2)16(26(29)30)14(22-18)8-32-4/h7-8H2,1-4H3,(H,21,23)(H,22,24). The largest absolute Gasteiger partial charge is 0.378 e. The number of rotatable bonds is 9. The molecule has 2 rings (SSSR count). The number of nitro groups is 2. The lowest BCUT2D eigenvalue weighted by atomic mass is 10.1. The lowest BCUT2D eigenvalue weighted by Crippen LogP contribution is -2.18. The van der Waals surface area contributed by atoms with Gasteiger partial charge in [0.2, 0.25) is 0 Å². The molecule has 0 radical (unpaired) electrons. The van der Waals surface area contributed by atoms with E-state index in [1.165, 1.54) is 28.1 Å². The predicted molar refractivity (Wildman–Crippen MR) is 109 cm³/mol. The molecule has 2 aromatic rings. The van der Waals surface area contributed by atoms with Crippen LogP contribution in [0.15, 0.2) is 0 Å². The fraction of sp³-hybridized carbons (Fsp3) is 0.333. The number of methoxy groups -OCH3 is 2. The number of hydrogen-bond acceptors (Lipinski definition) is 12. The van der Waals surface area contributed by atoms with Gasteiger partial charge in [-0.2, -0.15) is 10.5 Å².